The second-order valence-corrected chi connectivity index (χ2v) is 5.29. The van der Waals surface area contributed by atoms with E-state index in [-0.39, 0.29) is 18.2 Å². The standard InChI is InChI=1S/C18H22FNO3/c1-2-23-17-5-3-4-14(10-17)12-20(8-9-21)13-15-11-16(19)6-7-18(15)22/h3-7,10-11,21-22H,2,8-9,12-13H2,1H3. The van der Waals surface area contributed by atoms with E-state index in [1.165, 1.54) is 18.2 Å². The topological polar surface area (TPSA) is 52.9 Å². The molecule has 0 heterocycles. The number of aliphatic hydroxyl groups excluding tert-OH is 1. The molecule has 0 saturated heterocycles. The van der Waals surface area contributed by atoms with Crippen LogP contribution in [0.25, 0.3) is 0 Å². The van der Waals surface area contributed by atoms with Crippen LogP contribution in [0.3, 0.4) is 0 Å². The number of rotatable bonds is 8. The highest BCUT2D eigenvalue weighted by Crippen LogP contribution is 2.21. The molecule has 0 spiro atoms. The molecule has 2 N–H and O–H groups in total. The van der Waals surface area contributed by atoms with Crippen LogP contribution in [0.2, 0.25) is 0 Å². The van der Waals surface area contributed by atoms with Crippen molar-refractivity contribution in [2.75, 3.05) is 19.8 Å². The van der Waals surface area contributed by atoms with Crippen LogP contribution in [0.15, 0.2) is 42.5 Å². The van der Waals surface area contributed by atoms with Gasteiger partial charge in [0.25, 0.3) is 0 Å². The fourth-order valence-electron chi connectivity index (χ4n) is 2.44. The Morgan fingerprint density at radius 1 is 1.13 bits per heavy atom. The molecule has 4 nitrogen and oxygen atoms in total. The number of phenolic OH excluding ortho intramolecular Hbond substituents is 1. The molecule has 23 heavy (non-hydrogen) atoms. The molecule has 2 aromatic carbocycles. The molecule has 0 unspecified atom stereocenters. The Bertz CT molecular complexity index is 633. The molecule has 0 radical (unpaired) electrons. The molecule has 0 amide bonds. The molecular weight excluding hydrogens is 297 g/mol. The number of benzene rings is 2. The Morgan fingerprint density at radius 3 is 2.70 bits per heavy atom. The number of aliphatic hydroxyl groups is 1. The Kier molecular flexibility index (Phi) is 6.38. The maximum atomic E-state index is 13.4. The van der Waals surface area contributed by atoms with Gasteiger partial charge in [-0.3, -0.25) is 4.90 Å². The molecule has 0 aliphatic rings. The van der Waals surface area contributed by atoms with E-state index in [1.54, 1.807) is 0 Å². The third-order valence-electron chi connectivity index (χ3n) is 3.47. The highest BCUT2D eigenvalue weighted by molar-refractivity contribution is 5.33. The molecule has 0 fully saturated rings. The minimum absolute atomic E-state index is 0.0127. The average Bonchev–Trinajstić information content (AvgIpc) is 2.52. The van der Waals surface area contributed by atoms with E-state index < -0.39 is 0 Å². The van der Waals surface area contributed by atoms with Crippen molar-refractivity contribution in [1.29, 1.82) is 0 Å². The number of nitrogens with zero attached hydrogens (tertiary/aromatic N) is 1. The third-order valence-corrected chi connectivity index (χ3v) is 3.47. The van der Waals surface area contributed by atoms with Gasteiger partial charge in [0.2, 0.25) is 0 Å². The zero-order valence-corrected chi connectivity index (χ0v) is 13.2. The fraction of sp³-hybridized carbons (Fsp3) is 0.333. The lowest BCUT2D eigenvalue weighted by Gasteiger charge is -2.22. The fourth-order valence-corrected chi connectivity index (χ4v) is 2.44. The highest BCUT2D eigenvalue weighted by Gasteiger charge is 2.11. The van der Waals surface area contributed by atoms with Crippen molar-refractivity contribution in [2.45, 2.75) is 20.0 Å². The first kappa shape index (κ1) is 17.2. The first-order chi connectivity index (χ1) is 11.1. The van der Waals surface area contributed by atoms with Crippen LogP contribution in [0.1, 0.15) is 18.1 Å². The summed E-state index contributed by atoms with van der Waals surface area (Å²) in [5.74, 6) is 0.458. The van der Waals surface area contributed by atoms with Gasteiger partial charge in [-0.05, 0) is 42.8 Å². The average molecular weight is 319 g/mol. The van der Waals surface area contributed by atoms with E-state index in [0.29, 0.717) is 31.8 Å². The summed E-state index contributed by atoms with van der Waals surface area (Å²) in [4.78, 5) is 1.94. The summed E-state index contributed by atoms with van der Waals surface area (Å²) in [6.45, 7) is 3.86. The number of hydrogen-bond acceptors (Lipinski definition) is 4. The second kappa shape index (κ2) is 8.50. The molecule has 0 bridgehead atoms. The molecule has 124 valence electrons. The van der Waals surface area contributed by atoms with Crippen molar-refractivity contribution in [3.63, 3.8) is 0 Å². The first-order valence-electron chi connectivity index (χ1n) is 7.64. The summed E-state index contributed by atoms with van der Waals surface area (Å²) in [5, 5.41) is 19.1. The normalized spacial score (nSPS) is 11.0. The van der Waals surface area contributed by atoms with Gasteiger partial charge in [-0.15, -0.1) is 0 Å². The van der Waals surface area contributed by atoms with Gasteiger partial charge < -0.3 is 14.9 Å². The van der Waals surface area contributed by atoms with Gasteiger partial charge in [0.15, 0.2) is 0 Å². The minimum atomic E-state index is -0.389. The quantitative estimate of drug-likeness (QED) is 0.785. The first-order valence-corrected chi connectivity index (χ1v) is 7.64. The van der Waals surface area contributed by atoms with E-state index in [9.17, 15) is 14.6 Å². The molecule has 2 aromatic rings. The van der Waals surface area contributed by atoms with Gasteiger partial charge in [-0.2, -0.15) is 0 Å². The molecule has 0 aliphatic heterocycles. The van der Waals surface area contributed by atoms with Crippen LogP contribution >= 0.6 is 0 Å². The van der Waals surface area contributed by atoms with Gasteiger partial charge >= 0.3 is 0 Å². The number of phenols is 1. The third kappa shape index (κ3) is 5.23. The molecule has 0 saturated carbocycles. The van der Waals surface area contributed by atoms with Crippen LogP contribution in [-0.2, 0) is 13.1 Å². The molecule has 5 heteroatoms. The monoisotopic (exact) mass is 319 g/mol. The van der Waals surface area contributed by atoms with E-state index in [4.69, 9.17) is 4.74 Å². The van der Waals surface area contributed by atoms with Gasteiger partial charge in [-0.1, -0.05) is 12.1 Å². The Labute approximate surface area is 135 Å². The summed E-state index contributed by atoms with van der Waals surface area (Å²) in [6, 6.07) is 11.6. The number of hydrogen-bond donors (Lipinski definition) is 2. The summed E-state index contributed by atoms with van der Waals surface area (Å²) < 4.78 is 18.8. The largest absolute Gasteiger partial charge is 0.508 e. The van der Waals surface area contributed by atoms with Gasteiger partial charge in [0, 0.05) is 25.2 Å². The van der Waals surface area contributed by atoms with Gasteiger partial charge in [-0.25, -0.2) is 4.39 Å². The van der Waals surface area contributed by atoms with Crippen LogP contribution in [-0.4, -0.2) is 34.9 Å². The predicted octanol–water partition coefficient (Wildman–Crippen LogP) is 2.92. The SMILES string of the molecule is CCOc1cccc(CN(CCO)Cc2cc(F)ccc2O)c1. The van der Waals surface area contributed by atoms with Gasteiger partial charge in [0.1, 0.15) is 17.3 Å². The summed E-state index contributed by atoms with van der Waals surface area (Å²) in [6.07, 6.45) is 0. The Balaban J connectivity index is 2.12. The maximum absolute atomic E-state index is 13.4. The van der Waals surface area contributed by atoms with Crippen molar-refractivity contribution in [3.8, 4) is 11.5 Å². The van der Waals surface area contributed by atoms with Crippen LogP contribution in [0, 0.1) is 5.82 Å². The Hall–Kier alpha value is -2.11. The number of halogens is 1. The van der Waals surface area contributed by atoms with Gasteiger partial charge in [0.05, 0.1) is 13.2 Å². The van der Waals surface area contributed by atoms with E-state index in [2.05, 4.69) is 0 Å². The number of ether oxygens (including phenoxy) is 1. The van der Waals surface area contributed by atoms with Crippen molar-refractivity contribution >= 4 is 0 Å². The lowest BCUT2D eigenvalue weighted by Crippen LogP contribution is -2.26. The van der Waals surface area contributed by atoms with Crippen molar-refractivity contribution < 1.29 is 19.3 Å². The lowest BCUT2D eigenvalue weighted by atomic mass is 10.1. The summed E-state index contributed by atoms with van der Waals surface area (Å²) >= 11 is 0. The lowest BCUT2D eigenvalue weighted by molar-refractivity contribution is 0.182. The minimum Gasteiger partial charge on any atom is -0.508 e. The van der Waals surface area contributed by atoms with Crippen molar-refractivity contribution in [1.82, 2.24) is 4.90 Å². The summed E-state index contributed by atoms with van der Waals surface area (Å²) in [7, 11) is 0. The molecule has 0 aromatic heterocycles. The highest BCUT2D eigenvalue weighted by atomic mass is 19.1. The van der Waals surface area contributed by atoms with E-state index in [1.807, 2.05) is 36.1 Å². The Morgan fingerprint density at radius 2 is 1.96 bits per heavy atom. The molecular formula is C18H22FNO3. The molecule has 0 aliphatic carbocycles. The molecule has 0 atom stereocenters. The second-order valence-electron chi connectivity index (χ2n) is 5.29. The van der Waals surface area contributed by atoms with E-state index >= 15 is 0 Å². The number of aromatic hydroxyl groups is 1. The van der Waals surface area contributed by atoms with Crippen molar-refractivity contribution in [2.24, 2.45) is 0 Å². The molecule has 2 rings (SSSR count). The van der Waals surface area contributed by atoms with Crippen LogP contribution in [0.4, 0.5) is 4.39 Å². The zero-order valence-electron chi connectivity index (χ0n) is 13.2. The van der Waals surface area contributed by atoms with Crippen molar-refractivity contribution in [3.05, 3.63) is 59.4 Å². The zero-order chi connectivity index (χ0) is 16.7. The van der Waals surface area contributed by atoms with Crippen LogP contribution < -0.4 is 4.74 Å². The smallest absolute Gasteiger partial charge is 0.123 e. The maximum Gasteiger partial charge on any atom is 0.123 e. The van der Waals surface area contributed by atoms with E-state index in [0.717, 1.165) is 11.3 Å². The van der Waals surface area contributed by atoms with Crippen LogP contribution in [0.5, 0.6) is 11.5 Å². The predicted molar refractivity (Wildman–Crippen MR) is 86.9 cm³/mol. The summed E-state index contributed by atoms with van der Waals surface area (Å²) in [5.41, 5.74) is 1.53.